The van der Waals surface area contributed by atoms with Crippen LogP contribution in [0.2, 0.25) is 0 Å². The summed E-state index contributed by atoms with van der Waals surface area (Å²) in [5.41, 5.74) is 1.55. The van der Waals surface area contributed by atoms with Crippen LogP contribution in [0.4, 0.5) is 5.69 Å². The van der Waals surface area contributed by atoms with Crippen molar-refractivity contribution in [2.75, 3.05) is 18.9 Å². The highest BCUT2D eigenvalue weighted by Crippen LogP contribution is 2.39. The summed E-state index contributed by atoms with van der Waals surface area (Å²) < 4.78 is 0. The van der Waals surface area contributed by atoms with Crippen molar-refractivity contribution in [3.05, 3.63) is 23.8 Å². The van der Waals surface area contributed by atoms with Crippen molar-refractivity contribution in [1.82, 2.24) is 4.90 Å². The number of hydrogen-bond acceptors (Lipinski definition) is 4. The van der Waals surface area contributed by atoms with Crippen LogP contribution in [-0.4, -0.2) is 35.1 Å². The van der Waals surface area contributed by atoms with Crippen molar-refractivity contribution >= 4 is 23.4 Å². The van der Waals surface area contributed by atoms with Crippen LogP contribution in [0, 0.1) is 0 Å². The molecule has 86 valence electrons. The van der Waals surface area contributed by atoms with Gasteiger partial charge in [-0.25, -0.2) is 4.79 Å². The zero-order chi connectivity index (χ0) is 11.7. The van der Waals surface area contributed by atoms with Crippen molar-refractivity contribution in [2.24, 2.45) is 0 Å². The minimum absolute atomic E-state index is 0.198. The first kappa shape index (κ1) is 11.3. The molecule has 1 unspecified atom stereocenters. The van der Waals surface area contributed by atoms with Crippen molar-refractivity contribution in [1.29, 1.82) is 0 Å². The van der Waals surface area contributed by atoms with Crippen LogP contribution in [0.5, 0.6) is 0 Å². The molecule has 1 aliphatic heterocycles. The maximum atomic E-state index is 10.8. The SMILES string of the molecule is CCN(C)C1Nc2ccc(C(=O)O)cc2S1. The molecule has 1 atom stereocenters. The molecule has 5 heteroatoms. The molecule has 0 radical (unpaired) electrons. The summed E-state index contributed by atoms with van der Waals surface area (Å²) in [7, 11) is 2.04. The zero-order valence-corrected chi connectivity index (χ0v) is 10.0. The Hall–Kier alpha value is -1.20. The maximum absolute atomic E-state index is 10.8. The van der Waals surface area contributed by atoms with E-state index < -0.39 is 5.97 Å². The summed E-state index contributed by atoms with van der Waals surface area (Å²) in [6, 6.07) is 5.18. The van der Waals surface area contributed by atoms with Crippen molar-refractivity contribution < 1.29 is 9.90 Å². The van der Waals surface area contributed by atoms with Gasteiger partial charge in [-0.15, -0.1) is 0 Å². The van der Waals surface area contributed by atoms with Gasteiger partial charge in [0.15, 0.2) is 0 Å². The van der Waals surface area contributed by atoms with Gasteiger partial charge in [-0.3, -0.25) is 4.90 Å². The van der Waals surface area contributed by atoms with E-state index in [1.54, 1.807) is 23.9 Å². The minimum atomic E-state index is -0.879. The number of fused-ring (bicyclic) bond motifs is 1. The average Bonchev–Trinajstić information content (AvgIpc) is 2.70. The lowest BCUT2D eigenvalue weighted by molar-refractivity contribution is 0.0696. The van der Waals surface area contributed by atoms with E-state index in [1.165, 1.54) is 0 Å². The molecule has 0 saturated heterocycles. The van der Waals surface area contributed by atoms with Gasteiger partial charge in [-0.2, -0.15) is 0 Å². The molecule has 1 aliphatic rings. The van der Waals surface area contributed by atoms with Crippen molar-refractivity contribution in [3.8, 4) is 0 Å². The van der Waals surface area contributed by atoms with Gasteiger partial charge in [0.2, 0.25) is 0 Å². The van der Waals surface area contributed by atoms with Crippen molar-refractivity contribution in [3.63, 3.8) is 0 Å². The van der Waals surface area contributed by atoms with Crippen LogP contribution in [0.3, 0.4) is 0 Å². The fourth-order valence-corrected chi connectivity index (χ4v) is 2.73. The summed E-state index contributed by atoms with van der Waals surface area (Å²) in [6.07, 6.45) is 0. The van der Waals surface area contributed by atoms with E-state index in [0.717, 1.165) is 17.1 Å². The first-order valence-corrected chi connectivity index (χ1v) is 6.00. The maximum Gasteiger partial charge on any atom is 0.335 e. The Labute approximate surface area is 98.6 Å². The first-order valence-electron chi connectivity index (χ1n) is 5.12. The highest BCUT2D eigenvalue weighted by molar-refractivity contribution is 8.00. The Balaban J connectivity index is 2.21. The fourth-order valence-electron chi connectivity index (χ4n) is 1.52. The smallest absolute Gasteiger partial charge is 0.335 e. The summed E-state index contributed by atoms with van der Waals surface area (Å²) in [4.78, 5) is 14.0. The quantitative estimate of drug-likeness (QED) is 0.845. The third-order valence-corrected chi connectivity index (χ3v) is 3.94. The molecule has 2 N–H and O–H groups in total. The summed E-state index contributed by atoms with van der Waals surface area (Å²) in [5.74, 6) is -0.879. The minimum Gasteiger partial charge on any atom is -0.478 e. The zero-order valence-electron chi connectivity index (χ0n) is 9.23. The Kier molecular flexibility index (Phi) is 3.07. The Morgan fingerprint density at radius 1 is 1.62 bits per heavy atom. The molecule has 0 bridgehead atoms. The van der Waals surface area contributed by atoms with Crippen LogP contribution < -0.4 is 5.32 Å². The van der Waals surface area contributed by atoms with E-state index in [9.17, 15) is 4.79 Å². The second-order valence-corrected chi connectivity index (χ2v) is 4.83. The topological polar surface area (TPSA) is 52.6 Å². The predicted octanol–water partition coefficient (Wildman–Crippen LogP) is 2.14. The van der Waals surface area contributed by atoms with E-state index in [4.69, 9.17) is 5.11 Å². The van der Waals surface area contributed by atoms with Crippen LogP contribution in [0.15, 0.2) is 23.1 Å². The highest BCUT2D eigenvalue weighted by Gasteiger charge is 2.24. The van der Waals surface area contributed by atoms with Gasteiger partial charge < -0.3 is 10.4 Å². The summed E-state index contributed by atoms with van der Waals surface area (Å²) in [6.45, 7) is 3.04. The molecule has 0 aromatic heterocycles. The van der Waals surface area contributed by atoms with E-state index in [0.29, 0.717) is 5.56 Å². The normalized spacial score (nSPS) is 18.3. The van der Waals surface area contributed by atoms with E-state index >= 15 is 0 Å². The van der Waals surface area contributed by atoms with Gasteiger partial charge in [0.1, 0.15) is 5.50 Å². The molecule has 0 saturated carbocycles. The lowest BCUT2D eigenvalue weighted by atomic mass is 10.2. The van der Waals surface area contributed by atoms with Gasteiger partial charge in [-0.05, 0) is 31.8 Å². The molecule has 1 heterocycles. The first-order chi connectivity index (χ1) is 7.61. The number of carboxylic acids is 1. The predicted molar refractivity (Wildman–Crippen MR) is 65.0 cm³/mol. The van der Waals surface area contributed by atoms with Crippen LogP contribution >= 0.6 is 11.8 Å². The molecule has 0 amide bonds. The second-order valence-electron chi connectivity index (χ2n) is 3.70. The Morgan fingerprint density at radius 3 is 3.00 bits per heavy atom. The standard InChI is InChI=1S/C11H14N2O2S/c1-3-13(2)11-12-8-5-4-7(10(14)15)6-9(8)16-11/h4-6,11-12H,3H2,1-2H3,(H,14,15). The monoisotopic (exact) mass is 238 g/mol. The van der Waals surface area contributed by atoms with E-state index in [1.807, 2.05) is 13.1 Å². The molecular formula is C11H14N2O2S. The molecule has 0 spiro atoms. The van der Waals surface area contributed by atoms with Gasteiger partial charge >= 0.3 is 5.97 Å². The molecule has 16 heavy (non-hydrogen) atoms. The number of nitrogens with zero attached hydrogens (tertiary/aromatic N) is 1. The van der Waals surface area contributed by atoms with Crippen LogP contribution in [0.25, 0.3) is 0 Å². The second kappa shape index (κ2) is 4.35. The molecular weight excluding hydrogens is 224 g/mol. The molecule has 0 aliphatic carbocycles. The molecule has 0 fully saturated rings. The van der Waals surface area contributed by atoms with Gasteiger partial charge in [-0.1, -0.05) is 18.7 Å². The van der Waals surface area contributed by atoms with Crippen LogP contribution in [-0.2, 0) is 0 Å². The lowest BCUT2D eigenvalue weighted by Gasteiger charge is -2.21. The lowest BCUT2D eigenvalue weighted by Crippen LogP contribution is -2.32. The van der Waals surface area contributed by atoms with E-state index in [2.05, 4.69) is 17.1 Å². The number of thioether (sulfide) groups is 1. The number of anilines is 1. The largest absolute Gasteiger partial charge is 0.478 e. The number of benzene rings is 1. The molecule has 2 rings (SSSR count). The number of aromatic carboxylic acids is 1. The summed E-state index contributed by atoms with van der Waals surface area (Å²) >= 11 is 1.65. The highest BCUT2D eigenvalue weighted by atomic mass is 32.2. The number of carboxylic acid groups (broad SMARTS) is 1. The van der Waals surface area contributed by atoms with Gasteiger partial charge in [0, 0.05) is 10.6 Å². The van der Waals surface area contributed by atoms with E-state index in [-0.39, 0.29) is 5.50 Å². The van der Waals surface area contributed by atoms with Gasteiger partial charge in [0.05, 0.1) is 5.56 Å². The number of hydrogen-bond donors (Lipinski definition) is 2. The molecule has 4 nitrogen and oxygen atoms in total. The molecule has 1 aromatic carbocycles. The van der Waals surface area contributed by atoms with Crippen LogP contribution in [0.1, 0.15) is 17.3 Å². The number of nitrogens with one attached hydrogen (secondary N) is 1. The third kappa shape index (κ3) is 2.01. The average molecular weight is 238 g/mol. The Morgan fingerprint density at radius 2 is 2.38 bits per heavy atom. The number of rotatable bonds is 3. The fraction of sp³-hybridized carbons (Fsp3) is 0.364. The third-order valence-electron chi connectivity index (χ3n) is 2.65. The summed E-state index contributed by atoms with van der Waals surface area (Å²) in [5, 5.41) is 12.2. The number of carbonyl (C=O) groups is 1. The van der Waals surface area contributed by atoms with Gasteiger partial charge in [0.25, 0.3) is 0 Å². The molecule has 1 aromatic rings. The Bertz CT molecular complexity index is 422. The van der Waals surface area contributed by atoms with Crippen molar-refractivity contribution in [2.45, 2.75) is 17.3 Å².